The van der Waals surface area contributed by atoms with Gasteiger partial charge in [0.05, 0.1) is 11.7 Å². The third-order valence-electron chi connectivity index (χ3n) is 6.08. The summed E-state index contributed by atoms with van der Waals surface area (Å²) in [6.07, 6.45) is 2.17. The van der Waals surface area contributed by atoms with Crippen molar-refractivity contribution >= 4 is 35.6 Å². The first-order valence-corrected chi connectivity index (χ1v) is 15.0. The zero-order chi connectivity index (χ0) is 21.3. The van der Waals surface area contributed by atoms with Crippen LogP contribution in [-0.2, 0) is 15.8 Å². The van der Waals surface area contributed by atoms with Crippen molar-refractivity contribution < 1.29 is 8.98 Å². The largest absolute Gasteiger partial charge is 0.598 e. The van der Waals surface area contributed by atoms with Crippen molar-refractivity contribution in [3.05, 3.63) is 28.5 Å². The summed E-state index contributed by atoms with van der Waals surface area (Å²) in [4.78, 5) is 4.65. The molecule has 1 aromatic heterocycles. The Kier molecular flexibility index (Phi) is 7.88. The van der Waals surface area contributed by atoms with Crippen molar-refractivity contribution in [3.63, 3.8) is 0 Å². The molecule has 1 aliphatic carbocycles. The SMILES string of the molecule is CC(C)(C)[S@@+]([O-])N[C@@H](c1cccc(Br)n1)C1CC(CO[Si](C)(C)C(C)(C)C)C1. The Labute approximate surface area is 184 Å². The van der Waals surface area contributed by atoms with Crippen LogP contribution in [0.2, 0.25) is 18.1 Å². The van der Waals surface area contributed by atoms with E-state index in [1.807, 2.05) is 39.0 Å². The van der Waals surface area contributed by atoms with E-state index in [0.29, 0.717) is 11.8 Å². The van der Waals surface area contributed by atoms with Gasteiger partial charge in [0.2, 0.25) is 0 Å². The highest BCUT2D eigenvalue weighted by atomic mass is 79.9. The zero-order valence-electron chi connectivity index (χ0n) is 18.6. The fourth-order valence-corrected chi connectivity index (χ4v) is 5.37. The second-order valence-corrected chi connectivity index (χ2v) is 18.2. The average Bonchev–Trinajstić information content (AvgIpc) is 2.49. The van der Waals surface area contributed by atoms with Crippen molar-refractivity contribution in [2.75, 3.05) is 6.61 Å². The van der Waals surface area contributed by atoms with Gasteiger partial charge in [-0.15, -0.1) is 4.72 Å². The molecule has 160 valence electrons. The molecule has 0 aliphatic heterocycles. The number of hydrogen-bond donors (Lipinski definition) is 1. The normalized spacial score (nSPS) is 23.2. The minimum Gasteiger partial charge on any atom is -0.598 e. The van der Waals surface area contributed by atoms with Crippen LogP contribution in [0.25, 0.3) is 0 Å². The van der Waals surface area contributed by atoms with Gasteiger partial charge in [0.15, 0.2) is 8.32 Å². The lowest BCUT2D eigenvalue weighted by Gasteiger charge is -2.43. The van der Waals surface area contributed by atoms with Crippen molar-refractivity contribution in [2.45, 2.75) is 83.3 Å². The van der Waals surface area contributed by atoms with Gasteiger partial charge in [-0.25, -0.2) is 4.98 Å². The number of pyridine rings is 1. The molecule has 1 aromatic rings. The maximum absolute atomic E-state index is 12.8. The lowest BCUT2D eigenvalue weighted by Crippen LogP contribution is -2.47. The summed E-state index contributed by atoms with van der Waals surface area (Å²) in [5.74, 6) is 1.01. The van der Waals surface area contributed by atoms with E-state index < -0.39 is 19.7 Å². The lowest BCUT2D eigenvalue weighted by molar-refractivity contribution is 0.0907. The van der Waals surface area contributed by atoms with E-state index in [9.17, 15) is 4.55 Å². The van der Waals surface area contributed by atoms with Gasteiger partial charge in [-0.05, 0) is 91.6 Å². The van der Waals surface area contributed by atoms with Gasteiger partial charge in [0.1, 0.15) is 9.35 Å². The molecule has 1 saturated carbocycles. The molecule has 0 bridgehead atoms. The molecule has 0 spiro atoms. The fraction of sp³-hybridized carbons (Fsp3) is 0.762. The molecule has 2 rings (SSSR count). The highest BCUT2D eigenvalue weighted by molar-refractivity contribution is 9.10. The highest BCUT2D eigenvalue weighted by Gasteiger charge is 2.43. The second kappa shape index (κ2) is 9.06. The van der Waals surface area contributed by atoms with Gasteiger partial charge in [0, 0.05) is 18.0 Å². The van der Waals surface area contributed by atoms with Gasteiger partial charge < -0.3 is 8.98 Å². The van der Waals surface area contributed by atoms with Gasteiger partial charge in [-0.3, -0.25) is 0 Å². The molecule has 1 fully saturated rings. The Balaban J connectivity index is 2.02. The van der Waals surface area contributed by atoms with Crippen LogP contribution in [0.1, 0.15) is 66.1 Å². The molecule has 1 heterocycles. The van der Waals surface area contributed by atoms with Crippen molar-refractivity contribution in [2.24, 2.45) is 11.8 Å². The van der Waals surface area contributed by atoms with E-state index in [0.717, 1.165) is 29.7 Å². The molecule has 0 saturated heterocycles. The molecule has 28 heavy (non-hydrogen) atoms. The van der Waals surface area contributed by atoms with Crippen molar-refractivity contribution in [1.82, 2.24) is 9.71 Å². The fourth-order valence-electron chi connectivity index (χ4n) is 3.03. The average molecular weight is 490 g/mol. The minimum atomic E-state index is -1.70. The van der Waals surface area contributed by atoms with E-state index in [1.54, 1.807) is 0 Å². The summed E-state index contributed by atoms with van der Waals surface area (Å²) >= 11 is 2.34. The maximum atomic E-state index is 12.8. The van der Waals surface area contributed by atoms with Crippen LogP contribution >= 0.6 is 15.9 Å². The first-order valence-electron chi connectivity index (χ1n) is 10.1. The molecule has 0 amide bonds. The summed E-state index contributed by atoms with van der Waals surface area (Å²) in [6, 6.07) is 5.96. The number of nitrogens with zero attached hydrogens (tertiary/aromatic N) is 1. The van der Waals surface area contributed by atoms with Crippen LogP contribution < -0.4 is 4.72 Å². The molecular formula is C21H37BrN2O2SSi. The third kappa shape index (κ3) is 6.29. The molecule has 1 N–H and O–H groups in total. The molecule has 4 nitrogen and oxygen atoms in total. The summed E-state index contributed by atoms with van der Waals surface area (Å²) in [6.45, 7) is 18.3. The van der Waals surface area contributed by atoms with Gasteiger partial charge in [0.25, 0.3) is 0 Å². The smallest absolute Gasteiger partial charge is 0.191 e. The standard InChI is InChI=1S/C21H37BrN2O2SSi/c1-20(2,3)27(25)24-19(17-10-9-11-18(22)23-17)16-12-15(13-16)14-26-28(7,8)21(4,5)6/h9-11,15-16,19,24H,12-14H2,1-8H3/t15?,16?,19-,27-/m1/s1. The summed E-state index contributed by atoms with van der Waals surface area (Å²) in [5, 5.41) is 0.240. The summed E-state index contributed by atoms with van der Waals surface area (Å²) in [7, 11) is -1.70. The van der Waals surface area contributed by atoms with Crippen LogP contribution in [0, 0.1) is 11.8 Å². The van der Waals surface area contributed by atoms with E-state index in [-0.39, 0.29) is 15.8 Å². The van der Waals surface area contributed by atoms with Crippen LogP contribution in [0.4, 0.5) is 0 Å². The Morgan fingerprint density at radius 3 is 2.36 bits per heavy atom. The first-order chi connectivity index (χ1) is 12.7. The molecule has 2 atom stereocenters. The number of halogens is 1. The third-order valence-corrected chi connectivity index (χ3v) is 12.6. The second-order valence-electron chi connectivity index (χ2n) is 10.5. The molecular weight excluding hydrogens is 452 g/mol. The highest BCUT2D eigenvalue weighted by Crippen LogP contribution is 2.44. The Hall–Kier alpha value is 0.0769. The van der Waals surface area contributed by atoms with E-state index in [2.05, 4.69) is 59.5 Å². The van der Waals surface area contributed by atoms with Crippen LogP contribution in [0.5, 0.6) is 0 Å². The Bertz CT molecular complexity index is 655. The lowest BCUT2D eigenvalue weighted by atomic mass is 9.71. The monoisotopic (exact) mass is 488 g/mol. The molecule has 0 aromatic carbocycles. The van der Waals surface area contributed by atoms with E-state index >= 15 is 0 Å². The van der Waals surface area contributed by atoms with E-state index in [4.69, 9.17) is 4.43 Å². The quantitative estimate of drug-likeness (QED) is 0.291. The molecule has 0 unspecified atom stereocenters. The minimum absolute atomic E-state index is 0.00156. The number of nitrogens with one attached hydrogen (secondary N) is 1. The van der Waals surface area contributed by atoms with Crippen LogP contribution in [0.15, 0.2) is 22.8 Å². The van der Waals surface area contributed by atoms with Crippen molar-refractivity contribution in [3.8, 4) is 0 Å². The van der Waals surface area contributed by atoms with Gasteiger partial charge in [-0.1, -0.05) is 26.8 Å². The topological polar surface area (TPSA) is 57.2 Å². The van der Waals surface area contributed by atoms with Crippen LogP contribution in [0.3, 0.4) is 0 Å². The maximum Gasteiger partial charge on any atom is 0.191 e. The number of aromatic nitrogens is 1. The summed E-state index contributed by atoms with van der Waals surface area (Å²) < 4.78 is 23.1. The predicted octanol–water partition coefficient (Wildman–Crippen LogP) is 5.99. The molecule has 0 radical (unpaired) electrons. The predicted molar refractivity (Wildman–Crippen MR) is 125 cm³/mol. The Morgan fingerprint density at radius 2 is 1.86 bits per heavy atom. The first kappa shape index (κ1) is 24.3. The van der Waals surface area contributed by atoms with Crippen molar-refractivity contribution in [1.29, 1.82) is 0 Å². The zero-order valence-corrected chi connectivity index (χ0v) is 22.0. The van der Waals surface area contributed by atoms with Gasteiger partial charge in [-0.2, -0.15) is 0 Å². The van der Waals surface area contributed by atoms with Crippen LogP contribution in [-0.4, -0.2) is 29.2 Å². The molecule has 7 heteroatoms. The number of hydrogen-bond acceptors (Lipinski definition) is 4. The summed E-state index contributed by atoms with van der Waals surface area (Å²) in [5.41, 5.74) is 0.959. The molecule has 1 aliphatic rings. The van der Waals surface area contributed by atoms with Gasteiger partial charge >= 0.3 is 0 Å². The number of rotatable bonds is 7. The Morgan fingerprint density at radius 1 is 1.25 bits per heavy atom. The van der Waals surface area contributed by atoms with E-state index in [1.165, 1.54) is 0 Å².